The summed E-state index contributed by atoms with van der Waals surface area (Å²) < 4.78 is 7.83. The molecule has 1 aliphatic heterocycles. The zero-order valence-corrected chi connectivity index (χ0v) is 25.1. The molecule has 0 spiro atoms. The second-order valence-electron chi connectivity index (χ2n) is 10.5. The average Bonchev–Trinajstić information content (AvgIpc) is 3.50. The Kier molecular flexibility index (Phi) is 8.41. The van der Waals surface area contributed by atoms with Gasteiger partial charge in [-0.2, -0.15) is 10.4 Å². The van der Waals surface area contributed by atoms with Crippen LogP contribution in [-0.2, 0) is 22.7 Å². The van der Waals surface area contributed by atoms with Crippen molar-refractivity contribution in [3.63, 3.8) is 0 Å². The maximum absolute atomic E-state index is 13.9. The minimum atomic E-state index is -0.605. The highest BCUT2D eigenvalue weighted by molar-refractivity contribution is 6.30. The third-order valence-electron chi connectivity index (χ3n) is 7.50. The van der Waals surface area contributed by atoms with E-state index in [4.69, 9.17) is 21.4 Å². The summed E-state index contributed by atoms with van der Waals surface area (Å²) in [5, 5.41) is 15.5. The molecule has 0 unspecified atom stereocenters. The maximum Gasteiger partial charge on any atom is 0.271 e. The Morgan fingerprint density at radius 3 is 2.29 bits per heavy atom. The number of aromatic nitrogens is 2. The van der Waals surface area contributed by atoms with Gasteiger partial charge in [0, 0.05) is 27.9 Å². The minimum Gasteiger partial charge on any atom is -0.489 e. The molecule has 7 nitrogen and oxygen atoms in total. The summed E-state index contributed by atoms with van der Waals surface area (Å²) in [7, 11) is 0. The summed E-state index contributed by atoms with van der Waals surface area (Å²) in [6.45, 7) is 2.04. The monoisotopic (exact) mass is 610 g/mol. The molecule has 4 aromatic carbocycles. The fourth-order valence-corrected chi connectivity index (χ4v) is 5.23. The Bertz CT molecular complexity index is 1990. The van der Waals surface area contributed by atoms with Crippen LogP contribution in [0, 0.1) is 11.3 Å². The van der Waals surface area contributed by atoms with Gasteiger partial charge in [0.05, 0.1) is 12.2 Å². The second-order valence-corrected chi connectivity index (χ2v) is 10.9. The molecule has 45 heavy (non-hydrogen) atoms. The van der Waals surface area contributed by atoms with E-state index in [9.17, 15) is 14.9 Å². The van der Waals surface area contributed by atoms with Crippen molar-refractivity contribution in [2.24, 2.45) is 0 Å². The van der Waals surface area contributed by atoms with Crippen molar-refractivity contribution in [3.05, 3.63) is 154 Å². The van der Waals surface area contributed by atoms with Crippen LogP contribution in [-0.4, -0.2) is 26.5 Å². The van der Waals surface area contributed by atoms with Crippen molar-refractivity contribution in [1.29, 1.82) is 5.26 Å². The lowest BCUT2D eigenvalue weighted by molar-refractivity contribution is -0.141. The number of para-hydroxylation sites is 1. The molecule has 1 aliphatic rings. The van der Waals surface area contributed by atoms with Gasteiger partial charge in [-0.15, -0.1) is 0 Å². The van der Waals surface area contributed by atoms with Crippen molar-refractivity contribution >= 4 is 29.5 Å². The Morgan fingerprint density at radius 1 is 0.867 bits per heavy atom. The number of hydrogen-bond donors (Lipinski definition) is 0. The maximum atomic E-state index is 13.9. The number of rotatable bonds is 8. The topological polar surface area (TPSA) is 88.2 Å². The molecule has 0 radical (unpaired) electrons. The molecule has 220 valence electrons. The Hall–Kier alpha value is -5.71. The van der Waals surface area contributed by atoms with E-state index in [2.05, 4.69) is 0 Å². The minimum absolute atomic E-state index is 0.0530. The van der Waals surface area contributed by atoms with Crippen LogP contribution in [0.15, 0.2) is 132 Å². The zero-order valence-electron chi connectivity index (χ0n) is 24.4. The van der Waals surface area contributed by atoms with Crippen LogP contribution in [0.3, 0.4) is 0 Å². The van der Waals surface area contributed by atoms with Crippen molar-refractivity contribution < 1.29 is 14.3 Å². The van der Waals surface area contributed by atoms with E-state index in [1.807, 2.05) is 121 Å². The molecule has 2 amide bonds. The van der Waals surface area contributed by atoms with E-state index >= 15 is 0 Å². The molecule has 0 bridgehead atoms. The quantitative estimate of drug-likeness (QED) is 0.134. The highest BCUT2D eigenvalue weighted by Gasteiger charge is 2.35. The molecule has 0 atom stereocenters. The number of carbonyl (C=O) groups excluding carboxylic acids is 2. The molecule has 0 saturated carbocycles. The fraction of sp³-hybridized carbons (Fsp3) is 0.0811. The van der Waals surface area contributed by atoms with Gasteiger partial charge >= 0.3 is 0 Å². The largest absolute Gasteiger partial charge is 0.489 e. The first kappa shape index (κ1) is 29.4. The van der Waals surface area contributed by atoms with Crippen molar-refractivity contribution in [1.82, 2.24) is 14.7 Å². The van der Waals surface area contributed by atoms with Gasteiger partial charge in [-0.3, -0.25) is 14.5 Å². The summed E-state index contributed by atoms with van der Waals surface area (Å²) in [6, 6.07) is 35.9. The van der Waals surface area contributed by atoms with Crippen LogP contribution >= 0.6 is 11.6 Å². The van der Waals surface area contributed by atoms with Crippen LogP contribution in [0.4, 0.5) is 0 Å². The molecule has 2 heterocycles. The van der Waals surface area contributed by atoms with Gasteiger partial charge in [0.15, 0.2) is 0 Å². The van der Waals surface area contributed by atoms with Crippen LogP contribution in [0.5, 0.6) is 5.75 Å². The summed E-state index contributed by atoms with van der Waals surface area (Å²) in [6.07, 6.45) is 3.55. The number of imide groups is 1. The SMILES string of the molecule is CC1=C(C#N)C(=O)N(Cc2ccccc2)C(=O)/C1=C/c1cn(-c2ccccc2)nc1-c1cccc(OCc2ccc(Cl)cc2)c1. The molecule has 0 saturated heterocycles. The Balaban J connectivity index is 1.41. The molecule has 0 fully saturated rings. The number of nitriles is 1. The van der Waals surface area contributed by atoms with E-state index in [0.29, 0.717) is 34.2 Å². The number of ether oxygens (including phenoxy) is 1. The molecule has 6 rings (SSSR count). The third kappa shape index (κ3) is 6.32. The van der Waals surface area contributed by atoms with Gasteiger partial charge in [0.1, 0.15) is 29.7 Å². The molecule has 1 aromatic heterocycles. The molecule has 0 aliphatic carbocycles. The number of benzene rings is 4. The van der Waals surface area contributed by atoms with Crippen LogP contribution < -0.4 is 4.74 Å². The smallest absolute Gasteiger partial charge is 0.271 e. The van der Waals surface area contributed by atoms with E-state index < -0.39 is 11.8 Å². The van der Waals surface area contributed by atoms with E-state index in [-0.39, 0.29) is 17.7 Å². The van der Waals surface area contributed by atoms with Crippen LogP contribution in [0.1, 0.15) is 23.6 Å². The molecule has 8 heteroatoms. The Morgan fingerprint density at radius 2 is 1.58 bits per heavy atom. The lowest BCUT2D eigenvalue weighted by Crippen LogP contribution is -2.42. The van der Waals surface area contributed by atoms with Gasteiger partial charge in [-0.1, -0.05) is 84.4 Å². The first-order chi connectivity index (χ1) is 21.9. The van der Waals surface area contributed by atoms with Gasteiger partial charge in [-0.05, 0) is 66.1 Å². The number of amides is 2. The lowest BCUT2D eigenvalue weighted by Gasteiger charge is -2.27. The Labute approximate surface area is 265 Å². The first-order valence-electron chi connectivity index (χ1n) is 14.3. The fourth-order valence-electron chi connectivity index (χ4n) is 5.11. The highest BCUT2D eigenvalue weighted by Crippen LogP contribution is 2.33. The van der Waals surface area contributed by atoms with Gasteiger partial charge < -0.3 is 4.74 Å². The predicted octanol–water partition coefficient (Wildman–Crippen LogP) is 7.56. The van der Waals surface area contributed by atoms with Gasteiger partial charge in [0.2, 0.25) is 0 Å². The standard InChI is InChI=1S/C37H27ClN4O3/c1-25-33(36(43)41(37(44)34(25)21-39)22-26-9-4-2-5-10-26)20-29-23-42(31-12-6-3-7-13-31)40-35(29)28-11-8-14-32(19-28)45-24-27-15-17-30(38)18-16-27/h2-20,23H,22,24H2,1H3/b33-20+. The molecular weight excluding hydrogens is 584 g/mol. The number of carbonyl (C=O) groups is 2. The zero-order chi connectivity index (χ0) is 31.3. The molecule has 0 N–H and O–H groups in total. The summed E-state index contributed by atoms with van der Waals surface area (Å²) in [5.74, 6) is -0.433. The van der Waals surface area contributed by atoms with Crippen LogP contribution in [0.25, 0.3) is 23.0 Å². The summed E-state index contributed by atoms with van der Waals surface area (Å²) in [5.41, 5.74) is 5.13. The number of nitrogens with zero attached hydrogens (tertiary/aromatic N) is 4. The molecular formula is C37H27ClN4O3. The van der Waals surface area contributed by atoms with E-state index in [1.54, 1.807) is 17.7 Å². The average molecular weight is 611 g/mol. The van der Waals surface area contributed by atoms with Crippen molar-refractivity contribution in [3.8, 4) is 28.8 Å². The van der Waals surface area contributed by atoms with Gasteiger partial charge in [0.25, 0.3) is 11.8 Å². The summed E-state index contributed by atoms with van der Waals surface area (Å²) in [4.78, 5) is 28.2. The lowest BCUT2D eigenvalue weighted by atomic mass is 9.93. The summed E-state index contributed by atoms with van der Waals surface area (Å²) >= 11 is 6.02. The predicted molar refractivity (Wildman–Crippen MR) is 173 cm³/mol. The molecule has 5 aromatic rings. The highest BCUT2D eigenvalue weighted by atomic mass is 35.5. The third-order valence-corrected chi connectivity index (χ3v) is 7.75. The number of hydrogen-bond acceptors (Lipinski definition) is 5. The number of halogens is 1. The van der Waals surface area contributed by atoms with E-state index in [1.165, 1.54) is 0 Å². The van der Waals surface area contributed by atoms with Crippen molar-refractivity contribution in [2.45, 2.75) is 20.1 Å². The van der Waals surface area contributed by atoms with Crippen LogP contribution in [0.2, 0.25) is 5.02 Å². The second kappa shape index (κ2) is 12.9. The normalized spacial score (nSPS) is 14.2. The van der Waals surface area contributed by atoms with Crippen molar-refractivity contribution in [2.75, 3.05) is 0 Å². The first-order valence-corrected chi connectivity index (χ1v) is 14.6. The van der Waals surface area contributed by atoms with E-state index in [0.717, 1.165) is 27.3 Å². The van der Waals surface area contributed by atoms with Gasteiger partial charge in [-0.25, -0.2) is 4.68 Å².